The van der Waals surface area contributed by atoms with Crippen LogP contribution in [-0.2, 0) is 0 Å². The molecule has 4 nitrogen and oxygen atoms in total. The fourth-order valence-corrected chi connectivity index (χ4v) is 3.87. The van der Waals surface area contributed by atoms with Gasteiger partial charge in [-0.25, -0.2) is 0 Å². The number of primary amides is 1. The van der Waals surface area contributed by atoms with E-state index in [2.05, 4.69) is 17.0 Å². The molecular weight excluding hydrogens is 264 g/mol. The van der Waals surface area contributed by atoms with Gasteiger partial charge in [-0.1, -0.05) is 6.07 Å². The number of amides is 1. The number of hydrogen-bond acceptors (Lipinski definition) is 3. The number of furan rings is 1. The van der Waals surface area contributed by atoms with Crippen molar-refractivity contribution in [1.82, 2.24) is 4.90 Å². The Labute approximate surface area is 123 Å². The standard InChI is InChI=1S/C17H20N2O2/c18-17(20)16-9-13-8-12(1-2-15(13)21-16)14-7-11-3-5-19(10-14)6-4-11/h1-2,8-9,11,14H,3-7,10H2,(H2,18,20)/t14-/m0/s1. The zero-order chi connectivity index (χ0) is 14.4. The van der Waals surface area contributed by atoms with E-state index in [0.29, 0.717) is 5.92 Å². The number of rotatable bonds is 2. The van der Waals surface area contributed by atoms with E-state index < -0.39 is 5.91 Å². The van der Waals surface area contributed by atoms with Gasteiger partial charge in [0.2, 0.25) is 0 Å². The molecule has 2 N–H and O–H groups in total. The van der Waals surface area contributed by atoms with Gasteiger partial charge in [-0.15, -0.1) is 0 Å². The van der Waals surface area contributed by atoms with Crippen molar-refractivity contribution in [2.45, 2.75) is 25.2 Å². The highest BCUT2D eigenvalue weighted by Crippen LogP contribution is 2.36. The summed E-state index contributed by atoms with van der Waals surface area (Å²) in [4.78, 5) is 13.8. The first-order valence-electron chi connectivity index (χ1n) is 7.75. The van der Waals surface area contributed by atoms with E-state index in [1.165, 1.54) is 37.9 Å². The highest BCUT2D eigenvalue weighted by molar-refractivity contribution is 5.95. The summed E-state index contributed by atoms with van der Waals surface area (Å²) in [7, 11) is 0. The van der Waals surface area contributed by atoms with Crippen LogP contribution in [0.2, 0.25) is 0 Å². The van der Waals surface area contributed by atoms with Crippen molar-refractivity contribution < 1.29 is 9.21 Å². The molecule has 0 spiro atoms. The second kappa shape index (κ2) is 4.88. The fourth-order valence-electron chi connectivity index (χ4n) is 3.87. The van der Waals surface area contributed by atoms with Crippen molar-refractivity contribution in [2.24, 2.45) is 11.7 Å². The second-order valence-electron chi connectivity index (χ2n) is 6.45. The van der Waals surface area contributed by atoms with E-state index >= 15 is 0 Å². The van der Waals surface area contributed by atoms with Crippen LogP contribution in [0.25, 0.3) is 11.0 Å². The molecule has 0 aliphatic carbocycles. The largest absolute Gasteiger partial charge is 0.451 e. The lowest BCUT2D eigenvalue weighted by atomic mass is 9.87. The van der Waals surface area contributed by atoms with Crippen LogP contribution < -0.4 is 5.73 Å². The van der Waals surface area contributed by atoms with Crippen LogP contribution in [0.3, 0.4) is 0 Å². The molecule has 1 atom stereocenters. The third kappa shape index (κ3) is 2.33. The van der Waals surface area contributed by atoms with Crippen LogP contribution in [0.5, 0.6) is 0 Å². The Morgan fingerprint density at radius 3 is 2.81 bits per heavy atom. The minimum atomic E-state index is -0.508. The Bertz CT molecular complexity index is 669. The fraction of sp³-hybridized carbons (Fsp3) is 0.471. The van der Waals surface area contributed by atoms with Crippen molar-refractivity contribution in [1.29, 1.82) is 0 Å². The number of nitrogens with two attached hydrogens (primary N) is 1. The number of nitrogens with zero attached hydrogens (tertiary/aromatic N) is 1. The third-order valence-electron chi connectivity index (χ3n) is 5.06. The quantitative estimate of drug-likeness (QED) is 0.922. The molecule has 3 saturated heterocycles. The highest BCUT2D eigenvalue weighted by Gasteiger charge is 2.29. The van der Waals surface area contributed by atoms with Gasteiger partial charge in [0, 0.05) is 11.9 Å². The van der Waals surface area contributed by atoms with E-state index in [-0.39, 0.29) is 5.76 Å². The minimum Gasteiger partial charge on any atom is -0.451 e. The van der Waals surface area contributed by atoms with Gasteiger partial charge in [0.1, 0.15) is 5.58 Å². The van der Waals surface area contributed by atoms with Crippen LogP contribution in [0, 0.1) is 5.92 Å². The number of fused-ring (bicyclic) bond motifs is 5. The van der Waals surface area contributed by atoms with Gasteiger partial charge in [0.25, 0.3) is 5.91 Å². The molecule has 1 amide bonds. The predicted molar refractivity (Wildman–Crippen MR) is 81.3 cm³/mol. The molecule has 2 bridgehead atoms. The summed E-state index contributed by atoms with van der Waals surface area (Å²) in [5.41, 5.74) is 7.38. The molecule has 3 fully saturated rings. The zero-order valence-electron chi connectivity index (χ0n) is 12.0. The van der Waals surface area contributed by atoms with Gasteiger partial charge in [-0.2, -0.15) is 0 Å². The normalized spacial score (nSPS) is 28.7. The molecule has 4 heteroatoms. The molecule has 3 aliphatic rings. The van der Waals surface area contributed by atoms with Crippen LogP contribution >= 0.6 is 0 Å². The van der Waals surface area contributed by atoms with Gasteiger partial charge < -0.3 is 15.1 Å². The molecule has 1 aromatic heterocycles. The molecular formula is C17H20N2O2. The number of carbonyl (C=O) groups is 1. The average Bonchev–Trinajstić information content (AvgIpc) is 2.68. The predicted octanol–water partition coefficient (Wildman–Crippen LogP) is 2.73. The van der Waals surface area contributed by atoms with E-state index in [1.54, 1.807) is 6.07 Å². The summed E-state index contributed by atoms with van der Waals surface area (Å²) in [6.07, 6.45) is 3.97. The van der Waals surface area contributed by atoms with Gasteiger partial charge in [-0.3, -0.25) is 4.79 Å². The summed E-state index contributed by atoms with van der Waals surface area (Å²) in [6.45, 7) is 3.66. The van der Waals surface area contributed by atoms with Gasteiger partial charge in [0.15, 0.2) is 5.76 Å². The lowest BCUT2D eigenvalue weighted by Gasteiger charge is -2.26. The molecule has 0 saturated carbocycles. The molecule has 1 aromatic carbocycles. The molecule has 110 valence electrons. The van der Waals surface area contributed by atoms with Crippen molar-refractivity contribution in [3.05, 3.63) is 35.6 Å². The summed E-state index contributed by atoms with van der Waals surface area (Å²) in [5.74, 6) is 1.20. The van der Waals surface area contributed by atoms with Gasteiger partial charge >= 0.3 is 0 Å². The van der Waals surface area contributed by atoms with Crippen molar-refractivity contribution >= 4 is 16.9 Å². The highest BCUT2D eigenvalue weighted by atomic mass is 16.3. The molecule has 2 aromatic rings. The van der Waals surface area contributed by atoms with Gasteiger partial charge in [-0.05, 0) is 68.0 Å². The summed E-state index contributed by atoms with van der Waals surface area (Å²) in [6, 6.07) is 8.04. The smallest absolute Gasteiger partial charge is 0.284 e. The van der Waals surface area contributed by atoms with E-state index in [0.717, 1.165) is 23.4 Å². The number of piperidine rings is 1. The Morgan fingerprint density at radius 1 is 1.24 bits per heavy atom. The summed E-state index contributed by atoms with van der Waals surface area (Å²) >= 11 is 0. The molecule has 0 unspecified atom stereocenters. The Morgan fingerprint density at radius 2 is 2.05 bits per heavy atom. The van der Waals surface area contributed by atoms with Crippen molar-refractivity contribution in [3.63, 3.8) is 0 Å². The SMILES string of the molecule is NC(=O)c1cc2cc([C@H]3CC4CCN(CC4)C3)ccc2o1. The summed E-state index contributed by atoms with van der Waals surface area (Å²) < 4.78 is 5.47. The van der Waals surface area contributed by atoms with E-state index in [1.807, 2.05) is 6.07 Å². The van der Waals surface area contributed by atoms with Crippen molar-refractivity contribution in [2.75, 3.05) is 19.6 Å². The van der Waals surface area contributed by atoms with Crippen LogP contribution in [0.4, 0.5) is 0 Å². The number of benzene rings is 1. The lowest BCUT2D eigenvalue weighted by molar-refractivity contribution is 0.0976. The molecule has 5 rings (SSSR count). The lowest BCUT2D eigenvalue weighted by Crippen LogP contribution is -2.31. The minimum absolute atomic E-state index is 0.242. The Balaban J connectivity index is 1.68. The molecule has 3 aliphatic heterocycles. The molecule has 0 radical (unpaired) electrons. The van der Waals surface area contributed by atoms with E-state index in [9.17, 15) is 4.79 Å². The van der Waals surface area contributed by atoms with E-state index in [4.69, 9.17) is 10.2 Å². The first-order chi connectivity index (χ1) is 10.2. The average molecular weight is 284 g/mol. The Kier molecular flexibility index (Phi) is 3.00. The van der Waals surface area contributed by atoms with Crippen LogP contribution in [-0.4, -0.2) is 30.4 Å². The molecule has 21 heavy (non-hydrogen) atoms. The topological polar surface area (TPSA) is 59.5 Å². The number of hydrogen-bond donors (Lipinski definition) is 1. The van der Waals surface area contributed by atoms with Crippen molar-refractivity contribution in [3.8, 4) is 0 Å². The maximum absolute atomic E-state index is 11.2. The van der Waals surface area contributed by atoms with Gasteiger partial charge in [0.05, 0.1) is 0 Å². The monoisotopic (exact) mass is 284 g/mol. The first-order valence-corrected chi connectivity index (χ1v) is 7.75. The first kappa shape index (κ1) is 12.9. The Hall–Kier alpha value is -1.81. The third-order valence-corrected chi connectivity index (χ3v) is 5.06. The maximum atomic E-state index is 11.2. The number of carbonyl (C=O) groups excluding carboxylic acids is 1. The maximum Gasteiger partial charge on any atom is 0.284 e. The van der Waals surface area contributed by atoms with Crippen LogP contribution in [0.15, 0.2) is 28.7 Å². The second-order valence-corrected chi connectivity index (χ2v) is 6.45. The zero-order valence-corrected chi connectivity index (χ0v) is 12.0. The van der Waals surface area contributed by atoms with Crippen LogP contribution in [0.1, 0.15) is 41.3 Å². The summed E-state index contributed by atoms with van der Waals surface area (Å²) in [5, 5.41) is 0.980. The molecule has 4 heterocycles.